The molecule has 2 heterocycles. The number of nitrogens with zero attached hydrogens (tertiary/aromatic N) is 3. The molecule has 0 aliphatic carbocycles. The quantitative estimate of drug-likeness (QED) is 0.370. The van der Waals surface area contributed by atoms with Crippen molar-refractivity contribution in [3.63, 3.8) is 0 Å². The summed E-state index contributed by atoms with van der Waals surface area (Å²) in [6, 6.07) is 10.3. The maximum Gasteiger partial charge on any atom is 0.349 e. The second-order valence-corrected chi connectivity index (χ2v) is 6.23. The minimum Gasteiger partial charge on any atom is -0.272 e. The smallest absolute Gasteiger partial charge is 0.272 e. The maximum atomic E-state index is 12.9. The Morgan fingerprint density at radius 3 is 2.30 bits per heavy atom. The summed E-state index contributed by atoms with van der Waals surface area (Å²) >= 11 is 0. The molecule has 30 heavy (non-hydrogen) atoms. The van der Waals surface area contributed by atoms with Crippen molar-refractivity contribution < 1.29 is 14.5 Å². The number of hydrogen-bond donors (Lipinski definition) is 2. The Morgan fingerprint density at radius 1 is 0.967 bits per heavy atom. The van der Waals surface area contributed by atoms with Gasteiger partial charge in [-0.25, -0.2) is 4.79 Å². The summed E-state index contributed by atoms with van der Waals surface area (Å²) in [6.45, 7) is 0. The molecule has 0 saturated heterocycles. The van der Waals surface area contributed by atoms with E-state index in [0.29, 0.717) is 5.56 Å². The van der Waals surface area contributed by atoms with Gasteiger partial charge in [-0.2, -0.15) is 9.67 Å². The fraction of sp³-hybridized carbons (Fsp3) is 0. The van der Waals surface area contributed by atoms with Crippen molar-refractivity contribution in [1.82, 2.24) is 15.1 Å². The lowest BCUT2D eigenvalue weighted by molar-refractivity contribution is -0.384. The van der Waals surface area contributed by atoms with Gasteiger partial charge in [0.1, 0.15) is 0 Å². The summed E-state index contributed by atoms with van der Waals surface area (Å²) in [4.78, 5) is 63.4. The summed E-state index contributed by atoms with van der Waals surface area (Å²) in [6.07, 6.45) is 1.30. The van der Waals surface area contributed by atoms with Gasteiger partial charge in [0.15, 0.2) is 5.84 Å². The van der Waals surface area contributed by atoms with Crippen LogP contribution >= 0.6 is 0 Å². The van der Waals surface area contributed by atoms with E-state index in [0.717, 1.165) is 4.68 Å². The molecule has 2 aromatic carbocycles. The molecule has 1 aromatic heterocycles. The molecule has 0 radical (unpaired) electrons. The molecule has 1 aliphatic rings. The van der Waals surface area contributed by atoms with E-state index < -0.39 is 28.0 Å². The van der Waals surface area contributed by atoms with Crippen molar-refractivity contribution >= 4 is 40.3 Å². The molecule has 3 amide bonds. The summed E-state index contributed by atoms with van der Waals surface area (Å²) in [5.74, 6) is -1.21. The maximum absolute atomic E-state index is 12.9. The van der Waals surface area contributed by atoms with E-state index in [9.17, 15) is 29.3 Å². The molecule has 2 N–H and O–H groups in total. The molecular weight excluding hydrogens is 394 g/mol. The number of fused-ring (bicyclic) bond motifs is 1. The molecule has 0 spiro atoms. The van der Waals surface area contributed by atoms with Gasteiger partial charge in [0, 0.05) is 12.1 Å². The van der Waals surface area contributed by atoms with Crippen LogP contribution in [0.25, 0.3) is 16.8 Å². The summed E-state index contributed by atoms with van der Waals surface area (Å²) in [5, 5.41) is 15.4. The third kappa shape index (κ3) is 3.20. The fourth-order valence-electron chi connectivity index (χ4n) is 2.96. The zero-order valence-corrected chi connectivity index (χ0v) is 15.0. The predicted molar refractivity (Wildman–Crippen MR) is 106 cm³/mol. The number of nitro groups is 1. The van der Waals surface area contributed by atoms with Gasteiger partial charge < -0.3 is 0 Å². The zero-order valence-electron chi connectivity index (χ0n) is 15.0. The second kappa shape index (κ2) is 7.05. The van der Waals surface area contributed by atoms with Gasteiger partial charge in [-0.05, 0) is 35.9 Å². The van der Waals surface area contributed by atoms with Gasteiger partial charge in [-0.1, -0.05) is 12.1 Å². The Balaban J connectivity index is 1.92. The van der Waals surface area contributed by atoms with E-state index in [2.05, 4.69) is 10.1 Å². The summed E-state index contributed by atoms with van der Waals surface area (Å²) in [5.41, 5.74) is -1.24. The number of aromatic amines is 1. The Hall–Kier alpha value is -4.67. The van der Waals surface area contributed by atoms with E-state index in [1.54, 1.807) is 12.1 Å². The summed E-state index contributed by atoms with van der Waals surface area (Å²) in [7, 11) is 0. The number of urea groups is 1. The van der Waals surface area contributed by atoms with Crippen molar-refractivity contribution in [3.8, 4) is 0 Å². The normalized spacial score (nSPS) is 15.2. The molecule has 0 bridgehead atoms. The van der Waals surface area contributed by atoms with E-state index in [-0.39, 0.29) is 27.9 Å². The van der Waals surface area contributed by atoms with Gasteiger partial charge in [0.2, 0.25) is 0 Å². The minimum atomic E-state index is -1.00. The minimum absolute atomic E-state index is 0.0806. The van der Waals surface area contributed by atoms with E-state index in [4.69, 9.17) is 0 Å². The number of aliphatic imine (C=N–C) groups is 1. The van der Waals surface area contributed by atoms with E-state index in [1.165, 1.54) is 42.5 Å². The number of H-pyrrole nitrogens is 1. The van der Waals surface area contributed by atoms with Gasteiger partial charge in [-0.3, -0.25) is 34.9 Å². The number of imide groups is 1. The lowest BCUT2D eigenvalue weighted by atomic mass is 10.1. The van der Waals surface area contributed by atoms with Crippen LogP contribution in [0.15, 0.2) is 68.7 Å². The highest BCUT2D eigenvalue weighted by atomic mass is 16.6. The topological polar surface area (TPSA) is 157 Å². The molecule has 148 valence electrons. The van der Waals surface area contributed by atoms with Crippen LogP contribution in [0.1, 0.15) is 5.56 Å². The Morgan fingerprint density at radius 2 is 1.63 bits per heavy atom. The Bertz CT molecular complexity index is 1410. The molecule has 11 heteroatoms. The van der Waals surface area contributed by atoms with E-state index >= 15 is 0 Å². The van der Waals surface area contributed by atoms with Gasteiger partial charge in [-0.15, -0.1) is 0 Å². The fourth-order valence-corrected chi connectivity index (χ4v) is 2.96. The van der Waals surface area contributed by atoms with Crippen LogP contribution in [0.2, 0.25) is 0 Å². The van der Waals surface area contributed by atoms with E-state index in [1.807, 2.05) is 5.32 Å². The molecule has 4 rings (SSSR count). The second-order valence-electron chi connectivity index (χ2n) is 6.23. The third-order valence-electron chi connectivity index (χ3n) is 4.36. The van der Waals surface area contributed by atoms with Crippen LogP contribution in [-0.2, 0) is 4.79 Å². The van der Waals surface area contributed by atoms with Crippen molar-refractivity contribution in [3.05, 3.63) is 90.5 Å². The number of rotatable bonds is 2. The average molecular weight is 405 g/mol. The molecule has 1 aliphatic heterocycles. The molecule has 0 saturated carbocycles. The van der Waals surface area contributed by atoms with Crippen molar-refractivity contribution in [1.29, 1.82) is 0 Å². The van der Waals surface area contributed by atoms with Crippen LogP contribution in [0.5, 0.6) is 0 Å². The van der Waals surface area contributed by atoms with Crippen molar-refractivity contribution in [2.45, 2.75) is 0 Å². The highest BCUT2D eigenvalue weighted by Crippen LogP contribution is 2.17. The molecule has 0 fully saturated rings. The highest BCUT2D eigenvalue weighted by Gasteiger charge is 2.28. The van der Waals surface area contributed by atoms with Gasteiger partial charge in [0.05, 0.1) is 21.3 Å². The molecule has 0 atom stereocenters. The van der Waals surface area contributed by atoms with Gasteiger partial charge in [0.25, 0.3) is 22.7 Å². The monoisotopic (exact) mass is 405 g/mol. The average Bonchev–Trinajstić information content (AvgIpc) is 2.73. The number of non-ortho nitro benzene ring substituents is 1. The number of carbonyl (C=O) groups excluding carboxylic acids is 2. The first-order chi connectivity index (χ1) is 14.3. The SMILES string of the molecule is O=C1N=C(n2[nH]c(=O)c3ccccc3c2=O)/C(=C/c2ccc([N+](=O)[O-])cc2)C(=O)N1. The van der Waals surface area contributed by atoms with Gasteiger partial charge >= 0.3 is 6.03 Å². The third-order valence-corrected chi connectivity index (χ3v) is 4.36. The van der Waals surface area contributed by atoms with Crippen LogP contribution in [0, 0.1) is 10.1 Å². The lowest BCUT2D eigenvalue weighted by Crippen LogP contribution is -2.44. The van der Waals surface area contributed by atoms with Crippen LogP contribution in [0.3, 0.4) is 0 Å². The number of amides is 3. The highest BCUT2D eigenvalue weighted by molar-refractivity contribution is 6.31. The standard InChI is InChI=1S/C19H11N5O6/c25-16-14(9-10-5-7-11(8-6-10)24(29)30)15(20-19(28)21-16)23-18(27)13-4-2-1-3-12(13)17(26)22-23/h1-9H,(H,22,26)(H,21,25,28)/b14-9-. The number of hydrogen-bond acceptors (Lipinski definition) is 6. The number of benzene rings is 2. The van der Waals surface area contributed by atoms with Crippen molar-refractivity contribution in [2.75, 3.05) is 0 Å². The Kier molecular flexibility index (Phi) is 4.39. The number of nitrogens with one attached hydrogen (secondary N) is 2. The van der Waals surface area contributed by atoms with Crippen LogP contribution in [0.4, 0.5) is 10.5 Å². The number of nitro benzene ring substituents is 1. The largest absolute Gasteiger partial charge is 0.349 e. The molecule has 3 aromatic rings. The predicted octanol–water partition coefficient (Wildman–Crippen LogP) is 1.18. The Labute approximate surface area is 166 Å². The zero-order chi connectivity index (χ0) is 21.4. The summed E-state index contributed by atoms with van der Waals surface area (Å²) < 4.78 is 0.735. The lowest BCUT2D eigenvalue weighted by Gasteiger charge is -2.16. The molecule has 11 nitrogen and oxygen atoms in total. The molecule has 0 unspecified atom stereocenters. The first-order valence-corrected chi connectivity index (χ1v) is 8.50. The van der Waals surface area contributed by atoms with Crippen LogP contribution < -0.4 is 16.4 Å². The first kappa shape index (κ1) is 18.7. The van der Waals surface area contributed by atoms with Crippen LogP contribution in [-0.4, -0.2) is 32.5 Å². The number of aromatic nitrogens is 2. The molecular formula is C19H11N5O6. The van der Waals surface area contributed by atoms with Crippen molar-refractivity contribution in [2.24, 2.45) is 4.99 Å². The first-order valence-electron chi connectivity index (χ1n) is 8.50. The number of carbonyl (C=O) groups is 2.